The standard InChI is InChI=1S/C12H19N5O3/c1-3-5-8-16(4-2)10-7-6-9(17(19)20)11(14-10)12(13)15-18/h6-7,18H,3-5,8H2,1-2H3,(H2,13,15). The highest BCUT2D eigenvalue weighted by Gasteiger charge is 2.21. The largest absolute Gasteiger partial charge is 0.409 e. The number of unbranched alkanes of at least 4 members (excludes halogenated alkanes) is 1. The lowest BCUT2D eigenvalue weighted by Gasteiger charge is -2.22. The molecule has 0 saturated carbocycles. The molecule has 0 unspecified atom stereocenters. The molecule has 1 heterocycles. The Morgan fingerprint density at radius 3 is 2.75 bits per heavy atom. The third kappa shape index (κ3) is 3.56. The van der Waals surface area contributed by atoms with Crippen molar-refractivity contribution in [1.29, 1.82) is 0 Å². The zero-order chi connectivity index (χ0) is 15.1. The van der Waals surface area contributed by atoms with Crippen LogP contribution in [0, 0.1) is 10.1 Å². The van der Waals surface area contributed by atoms with Crippen LogP contribution in [0.15, 0.2) is 17.3 Å². The number of rotatable bonds is 7. The van der Waals surface area contributed by atoms with E-state index in [0.29, 0.717) is 5.82 Å². The van der Waals surface area contributed by atoms with Crippen LogP contribution in [0.1, 0.15) is 32.4 Å². The molecular weight excluding hydrogens is 262 g/mol. The molecule has 0 radical (unpaired) electrons. The highest BCUT2D eigenvalue weighted by molar-refractivity contribution is 5.99. The smallest absolute Gasteiger partial charge is 0.298 e. The second kappa shape index (κ2) is 7.27. The fourth-order valence-corrected chi connectivity index (χ4v) is 1.78. The van der Waals surface area contributed by atoms with Crippen LogP contribution in [0.25, 0.3) is 0 Å². The van der Waals surface area contributed by atoms with Gasteiger partial charge in [-0.25, -0.2) is 4.98 Å². The molecule has 8 heteroatoms. The fourth-order valence-electron chi connectivity index (χ4n) is 1.78. The van der Waals surface area contributed by atoms with Crippen LogP contribution in [0.3, 0.4) is 0 Å². The lowest BCUT2D eigenvalue weighted by Crippen LogP contribution is -2.26. The monoisotopic (exact) mass is 281 g/mol. The molecule has 0 spiro atoms. The van der Waals surface area contributed by atoms with Gasteiger partial charge in [0.1, 0.15) is 5.82 Å². The van der Waals surface area contributed by atoms with Gasteiger partial charge in [-0.2, -0.15) is 0 Å². The Hall–Kier alpha value is -2.38. The molecule has 1 rings (SSSR count). The van der Waals surface area contributed by atoms with Gasteiger partial charge in [-0.15, -0.1) is 0 Å². The molecule has 0 saturated heterocycles. The number of anilines is 1. The Kier molecular flexibility index (Phi) is 5.70. The summed E-state index contributed by atoms with van der Waals surface area (Å²) in [5, 5.41) is 22.4. The summed E-state index contributed by atoms with van der Waals surface area (Å²) in [5.41, 5.74) is 5.06. The van der Waals surface area contributed by atoms with E-state index in [1.807, 2.05) is 11.8 Å². The van der Waals surface area contributed by atoms with Crippen molar-refractivity contribution in [2.45, 2.75) is 26.7 Å². The summed E-state index contributed by atoms with van der Waals surface area (Å²) >= 11 is 0. The van der Waals surface area contributed by atoms with E-state index in [4.69, 9.17) is 10.9 Å². The Labute approximate surface area is 117 Å². The Balaban J connectivity index is 3.20. The van der Waals surface area contributed by atoms with Crippen LogP contribution in [0.2, 0.25) is 0 Å². The van der Waals surface area contributed by atoms with Crippen LogP contribution in [0.4, 0.5) is 11.5 Å². The molecule has 0 aliphatic heterocycles. The summed E-state index contributed by atoms with van der Waals surface area (Å²) in [6, 6.07) is 2.90. The predicted molar refractivity (Wildman–Crippen MR) is 76.2 cm³/mol. The first-order valence-corrected chi connectivity index (χ1v) is 6.43. The summed E-state index contributed by atoms with van der Waals surface area (Å²) in [5.74, 6) is 0.207. The number of hydrogen-bond donors (Lipinski definition) is 2. The van der Waals surface area contributed by atoms with Gasteiger partial charge in [0.25, 0.3) is 5.69 Å². The van der Waals surface area contributed by atoms with E-state index in [9.17, 15) is 10.1 Å². The van der Waals surface area contributed by atoms with E-state index in [0.717, 1.165) is 25.9 Å². The number of aromatic nitrogens is 1. The molecule has 0 aromatic carbocycles. The van der Waals surface area contributed by atoms with E-state index in [2.05, 4.69) is 17.1 Å². The molecule has 20 heavy (non-hydrogen) atoms. The molecule has 0 atom stereocenters. The van der Waals surface area contributed by atoms with Crippen molar-refractivity contribution in [3.63, 3.8) is 0 Å². The van der Waals surface area contributed by atoms with Crippen LogP contribution in [0.5, 0.6) is 0 Å². The van der Waals surface area contributed by atoms with Crippen molar-refractivity contribution in [1.82, 2.24) is 4.98 Å². The van der Waals surface area contributed by atoms with Crippen LogP contribution in [-0.4, -0.2) is 34.0 Å². The maximum absolute atomic E-state index is 10.9. The maximum Gasteiger partial charge on any atom is 0.298 e. The minimum atomic E-state index is -0.605. The number of nitrogens with zero attached hydrogens (tertiary/aromatic N) is 4. The predicted octanol–water partition coefficient (Wildman–Crippen LogP) is 1.71. The average molecular weight is 281 g/mol. The molecule has 0 bridgehead atoms. The number of nitrogens with two attached hydrogens (primary N) is 1. The highest BCUT2D eigenvalue weighted by Crippen LogP contribution is 2.21. The van der Waals surface area contributed by atoms with Crippen LogP contribution in [-0.2, 0) is 0 Å². The first-order valence-electron chi connectivity index (χ1n) is 6.43. The molecule has 110 valence electrons. The average Bonchev–Trinajstić information content (AvgIpc) is 2.46. The normalized spacial score (nSPS) is 11.4. The molecule has 0 aliphatic carbocycles. The van der Waals surface area contributed by atoms with Gasteiger partial charge < -0.3 is 15.8 Å². The summed E-state index contributed by atoms with van der Waals surface area (Å²) in [6.07, 6.45) is 2.03. The van der Waals surface area contributed by atoms with Crippen molar-refractivity contribution in [2.24, 2.45) is 10.9 Å². The number of oxime groups is 1. The Bertz CT molecular complexity index is 504. The number of pyridine rings is 1. The molecule has 8 nitrogen and oxygen atoms in total. The van der Waals surface area contributed by atoms with E-state index < -0.39 is 4.92 Å². The summed E-state index contributed by atoms with van der Waals surface area (Å²) < 4.78 is 0. The molecule has 1 aromatic rings. The first kappa shape index (κ1) is 15.7. The quantitative estimate of drug-likeness (QED) is 0.258. The van der Waals surface area contributed by atoms with Gasteiger partial charge in [-0.3, -0.25) is 10.1 Å². The second-order valence-corrected chi connectivity index (χ2v) is 4.21. The third-order valence-corrected chi connectivity index (χ3v) is 2.89. The SMILES string of the molecule is CCCCN(CC)c1ccc([N+](=O)[O-])c(/C(N)=N/O)n1. The highest BCUT2D eigenvalue weighted by atomic mass is 16.6. The minimum Gasteiger partial charge on any atom is -0.409 e. The third-order valence-electron chi connectivity index (χ3n) is 2.89. The minimum absolute atomic E-state index is 0.120. The van der Waals surface area contributed by atoms with E-state index in [1.54, 1.807) is 6.07 Å². The van der Waals surface area contributed by atoms with Gasteiger partial charge in [0.2, 0.25) is 0 Å². The van der Waals surface area contributed by atoms with Gasteiger partial charge in [0.15, 0.2) is 11.5 Å². The first-order chi connectivity index (χ1) is 9.54. The topological polar surface area (TPSA) is 118 Å². The van der Waals surface area contributed by atoms with Gasteiger partial charge in [-0.1, -0.05) is 18.5 Å². The van der Waals surface area contributed by atoms with Gasteiger partial charge in [0, 0.05) is 19.2 Å². The summed E-state index contributed by atoms with van der Waals surface area (Å²) in [6.45, 7) is 5.58. The maximum atomic E-state index is 10.9. The van der Waals surface area contributed by atoms with E-state index in [1.165, 1.54) is 6.07 Å². The van der Waals surface area contributed by atoms with Crippen LogP contribution < -0.4 is 10.6 Å². The van der Waals surface area contributed by atoms with Crippen LogP contribution >= 0.6 is 0 Å². The fraction of sp³-hybridized carbons (Fsp3) is 0.500. The summed E-state index contributed by atoms with van der Waals surface area (Å²) in [4.78, 5) is 16.5. The second-order valence-electron chi connectivity index (χ2n) is 4.21. The van der Waals surface area contributed by atoms with Crippen molar-refractivity contribution in [3.05, 3.63) is 27.9 Å². The lowest BCUT2D eigenvalue weighted by molar-refractivity contribution is -0.385. The molecular formula is C12H19N5O3. The van der Waals surface area contributed by atoms with Crippen molar-refractivity contribution >= 4 is 17.3 Å². The molecule has 1 aromatic heterocycles. The lowest BCUT2D eigenvalue weighted by atomic mass is 10.2. The van der Waals surface area contributed by atoms with Gasteiger partial charge >= 0.3 is 0 Å². The van der Waals surface area contributed by atoms with E-state index in [-0.39, 0.29) is 17.2 Å². The zero-order valence-corrected chi connectivity index (χ0v) is 11.6. The van der Waals surface area contributed by atoms with Crippen molar-refractivity contribution < 1.29 is 10.1 Å². The summed E-state index contributed by atoms with van der Waals surface area (Å²) in [7, 11) is 0. The number of amidine groups is 1. The van der Waals surface area contributed by atoms with E-state index >= 15 is 0 Å². The Morgan fingerprint density at radius 2 is 2.25 bits per heavy atom. The van der Waals surface area contributed by atoms with Crippen molar-refractivity contribution in [2.75, 3.05) is 18.0 Å². The zero-order valence-electron chi connectivity index (χ0n) is 11.6. The number of nitro groups is 1. The van der Waals surface area contributed by atoms with Crippen molar-refractivity contribution in [3.8, 4) is 0 Å². The molecule has 0 fully saturated rings. The molecule has 0 aliphatic rings. The Morgan fingerprint density at radius 1 is 1.55 bits per heavy atom. The molecule has 0 amide bonds. The molecule has 3 N–H and O–H groups in total. The van der Waals surface area contributed by atoms with Gasteiger partial charge in [-0.05, 0) is 19.4 Å². The number of hydrogen-bond acceptors (Lipinski definition) is 6. The van der Waals surface area contributed by atoms with Gasteiger partial charge in [0.05, 0.1) is 4.92 Å².